The van der Waals surface area contributed by atoms with Gasteiger partial charge in [0, 0.05) is 5.56 Å². The lowest BCUT2D eigenvalue weighted by molar-refractivity contribution is -0.189. The van der Waals surface area contributed by atoms with E-state index >= 15 is 0 Å². The fourth-order valence-corrected chi connectivity index (χ4v) is 4.21. The van der Waals surface area contributed by atoms with Gasteiger partial charge in [-0.3, -0.25) is 0 Å². The first-order chi connectivity index (χ1) is 21.1. The van der Waals surface area contributed by atoms with E-state index in [1.807, 2.05) is 6.92 Å². The third-order valence-corrected chi connectivity index (χ3v) is 6.87. The predicted octanol–water partition coefficient (Wildman–Crippen LogP) is 10.6. The maximum atomic E-state index is 14.1. The number of hydrogen-bond donors (Lipinski definition) is 0. The maximum absolute atomic E-state index is 14.1. The van der Waals surface area contributed by atoms with Crippen LogP contribution in [0.3, 0.4) is 0 Å². The van der Waals surface area contributed by atoms with Gasteiger partial charge in [0.1, 0.15) is 17.5 Å². The highest BCUT2D eigenvalue weighted by molar-refractivity contribution is 5.34. The van der Waals surface area contributed by atoms with E-state index in [9.17, 15) is 39.5 Å². The summed E-state index contributed by atoms with van der Waals surface area (Å²) in [6, 6.07) is 11.7. The molecule has 4 aromatic rings. The molecule has 0 N–H and O–H groups in total. The highest BCUT2D eigenvalue weighted by atomic mass is 19.3. The Balaban J connectivity index is 0.000000246. The summed E-state index contributed by atoms with van der Waals surface area (Å²) in [5, 5.41) is 0. The van der Waals surface area contributed by atoms with E-state index in [-0.39, 0.29) is 12.0 Å². The molecule has 0 unspecified atom stereocenters. The average molecular weight is 643 g/mol. The van der Waals surface area contributed by atoms with Gasteiger partial charge in [0.2, 0.25) is 0 Å². The lowest BCUT2D eigenvalue weighted by Gasteiger charge is -2.19. The first kappa shape index (κ1) is 35.3. The Labute approximate surface area is 255 Å². The minimum atomic E-state index is -4.07. The number of rotatable bonds is 10. The quantitative estimate of drug-likeness (QED) is 0.160. The molecule has 0 aliphatic rings. The summed E-state index contributed by atoms with van der Waals surface area (Å²) in [6.45, 7) is 6.88. The third-order valence-electron chi connectivity index (χ3n) is 6.87. The van der Waals surface area contributed by atoms with Crippen molar-refractivity contribution < 1.29 is 49.0 Å². The fraction of sp³-hybridized carbons (Fsp3) is 0.294. The van der Waals surface area contributed by atoms with Gasteiger partial charge < -0.3 is 9.47 Å². The smallest absolute Gasteiger partial charge is 0.426 e. The molecule has 4 aromatic carbocycles. The van der Waals surface area contributed by atoms with Crippen LogP contribution in [0.25, 0.3) is 0 Å². The van der Waals surface area contributed by atoms with Gasteiger partial charge in [-0.15, -0.1) is 0 Å². The number of hydrogen-bond acceptors (Lipinski definition) is 2. The van der Waals surface area contributed by atoms with Gasteiger partial charge in [0.05, 0.1) is 11.1 Å². The van der Waals surface area contributed by atoms with Gasteiger partial charge in [-0.25, -0.2) is 22.0 Å². The molecule has 0 bridgehead atoms. The molecular formula is C34H31F9O2. The monoisotopic (exact) mass is 642 g/mol. The summed E-state index contributed by atoms with van der Waals surface area (Å²) in [5.74, 6) is -6.41. The molecule has 0 aliphatic heterocycles. The van der Waals surface area contributed by atoms with Crippen molar-refractivity contribution in [2.75, 3.05) is 0 Å². The Morgan fingerprint density at radius 1 is 0.467 bits per heavy atom. The van der Waals surface area contributed by atoms with Crippen LogP contribution in [0.2, 0.25) is 0 Å². The van der Waals surface area contributed by atoms with Gasteiger partial charge in [0.15, 0.2) is 23.1 Å². The molecule has 2 nitrogen and oxygen atoms in total. The van der Waals surface area contributed by atoms with Crippen molar-refractivity contribution in [3.05, 3.63) is 129 Å². The van der Waals surface area contributed by atoms with E-state index in [0.717, 1.165) is 36.4 Å². The molecule has 11 heteroatoms. The number of ether oxygens (including phenoxy) is 2. The summed E-state index contributed by atoms with van der Waals surface area (Å²) < 4.78 is 134. The predicted molar refractivity (Wildman–Crippen MR) is 152 cm³/mol. The fourth-order valence-electron chi connectivity index (χ4n) is 4.21. The molecule has 0 aliphatic carbocycles. The Hall–Kier alpha value is -4.15. The zero-order valence-electron chi connectivity index (χ0n) is 24.9. The highest BCUT2D eigenvalue weighted by Crippen LogP contribution is 2.36. The molecule has 0 aromatic heterocycles. The zero-order chi connectivity index (χ0) is 33.5. The highest BCUT2D eigenvalue weighted by Gasteiger charge is 2.39. The van der Waals surface area contributed by atoms with E-state index in [1.54, 1.807) is 13.8 Å². The number of aryl methyl sites for hydroxylation is 3. The van der Waals surface area contributed by atoms with Crippen molar-refractivity contribution in [2.24, 2.45) is 0 Å². The van der Waals surface area contributed by atoms with Crippen LogP contribution < -0.4 is 9.47 Å². The minimum Gasteiger partial charge on any atom is -0.426 e. The molecule has 0 radical (unpaired) electrons. The molecule has 4 rings (SSSR count). The first-order valence-electron chi connectivity index (χ1n) is 14.1. The van der Waals surface area contributed by atoms with Crippen molar-refractivity contribution in [3.63, 3.8) is 0 Å². The standard InChI is InChI=1S/C17H15F5O.C17H16F4O/c1-3-10-5-6-16(15(20)7-10)23-17(21,22)11-8-13(18)12(4-2)14(19)9-11;1-3-11-5-7-13(14(18)9-11)17(20,21)22-16-8-6-12(4-2)10-15(16)19/h5-9H,3-4H2,1-2H3;5-10H,3-4H2,1-2H3. The number of alkyl halides is 4. The van der Waals surface area contributed by atoms with Crippen molar-refractivity contribution in [3.8, 4) is 11.5 Å². The zero-order valence-corrected chi connectivity index (χ0v) is 24.9. The van der Waals surface area contributed by atoms with Crippen LogP contribution in [0.4, 0.5) is 39.5 Å². The molecular weight excluding hydrogens is 611 g/mol. The lowest BCUT2D eigenvalue weighted by Crippen LogP contribution is -2.24. The van der Waals surface area contributed by atoms with Gasteiger partial charge >= 0.3 is 12.2 Å². The molecule has 0 spiro atoms. The number of halogens is 9. The van der Waals surface area contributed by atoms with Crippen LogP contribution in [0.5, 0.6) is 11.5 Å². The molecule has 242 valence electrons. The largest absolute Gasteiger partial charge is 0.429 e. The van der Waals surface area contributed by atoms with Crippen LogP contribution in [0, 0.1) is 29.1 Å². The Bertz CT molecular complexity index is 1600. The summed E-state index contributed by atoms with van der Waals surface area (Å²) in [7, 11) is 0. The Morgan fingerprint density at radius 2 is 0.867 bits per heavy atom. The van der Waals surface area contributed by atoms with Gasteiger partial charge in [-0.1, -0.05) is 45.9 Å². The van der Waals surface area contributed by atoms with E-state index in [1.165, 1.54) is 25.1 Å². The summed E-state index contributed by atoms with van der Waals surface area (Å²) in [5.41, 5.74) is -0.347. The summed E-state index contributed by atoms with van der Waals surface area (Å²) >= 11 is 0. The Morgan fingerprint density at radius 3 is 1.24 bits per heavy atom. The average Bonchev–Trinajstić information content (AvgIpc) is 2.99. The Kier molecular flexibility index (Phi) is 11.6. The van der Waals surface area contributed by atoms with Crippen LogP contribution in [-0.4, -0.2) is 0 Å². The topological polar surface area (TPSA) is 18.5 Å². The minimum absolute atomic E-state index is 0.0253. The van der Waals surface area contributed by atoms with Crippen LogP contribution in [-0.2, 0) is 37.9 Å². The van der Waals surface area contributed by atoms with Crippen LogP contribution >= 0.6 is 0 Å². The van der Waals surface area contributed by atoms with Crippen molar-refractivity contribution in [2.45, 2.75) is 65.6 Å². The second kappa shape index (κ2) is 14.8. The second-order valence-corrected chi connectivity index (χ2v) is 9.91. The summed E-state index contributed by atoms with van der Waals surface area (Å²) in [6.07, 6.45) is -6.37. The summed E-state index contributed by atoms with van der Waals surface area (Å²) in [4.78, 5) is 0. The molecule has 0 atom stereocenters. The van der Waals surface area contributed by atoms with E-state index in [2.05, 4.69) is 9.47 Å². The van der Waals surface area contributed by atoms with Gasteiger partial charge in [0.25, 0.3) is 0 Å². The molecule has 45 heavy (non-hydrogen) atoms. The van der Waals surface area contributed by atoms with Gasteiger partial charge in [-0.2, -0.15) is 17.6 Å². The normalized spacial score (nSPS) is 11.6. The molecule has 0 amide bonds. The third kappa shape index (κ3) is 8.73. The first-order valence-corrected chi connectivity index (χ1v) is 14.1. The lowest BCUT2D eigenvalue weighted by atomic mass is 10.1. The van der Waals surface area contributed by atoms with E-state index < -0.39 is 63.9 Å². The van der Waals surface area contributed by atoms with Crippen LogP contribution in [0.15, 0.2) is 66.7 Å². The van der Waals surface area contributed by atoms with E-state index in [0.29, 0.717) is 48.1 Å². The number of benzene rings is 4. The SMILES string of the molecule is CCc1ccc(OC(F)(F)c2cc(F)c(CC)c(F)c2)c(F)c1.CCc1ccc(OC(F)(F)c2ccc(CC)cc2F)c(F)c1. The van der Waals surface area contributed by atoms with Crippen molar-refractivity contribution in [1.82, 2.24) is 0 Å². The van der Waals surface area contributed by atoms with Crippen molar-refractivity contribution in [1.29, 1.82) is 0 Å². The second-order valence-electron chi connectivity index (χ2n) is 9.91. The van der Waals surface area contributed by atoms with Crippen molar-refractivity contribution >= 4 is 0 Å². The molecule has 0 saturated heterocycles. The van der Waals surface area contributed by atoms with Gasteiger partial charge in [-0.05, 0) is 90.9 Å². The van der Waals surface area contributed by atoms with E-state index in [4.69, 9.17) is 0 Å². The molecule has 0 saturated carbocycles. The maximum Gasteiger partial charge on any atom is 0.429 e. The molecule has 0 heterocycles. The van der Waals surface area contributed by atoms with Crippen LogP contribution in [0.1, 0.15) is 61.1 Å². The molecule has 0 fully saturated rings.